The first-order valence-electron chi connectivity index (χ1n) is 8.78. The normalized spacial score (nSPS) is 15.5. The monoisotopic (exact) mass is 423 g/mol. The van der Waals surface area contributed by atoms with Gasteiger partial charge in [0.15, 0.2) is 0 Å². The number of carbonyl (C=O) groups excluding carboxylic acids is 2. The van der Waals surface area contributed by atoms with Crippen molar-refractivity contribution in [1.82, 2.24) is 10.3 Å². The Bertz CT molecular complexity index is 1060. The SMILES string of the molecule is Cc1cc(C(=O)NCCC2C(=O)Nc3ccccc32)c2ccc(Br)cc2n1. The van der Waals surface area contributed by atoms with Gasteiger partial charge in [-0.15, -0.1) is 0 Å². The molecule has 0 bridgehead atoms. The molecule has 27 heavy (non-hydrogen) atoms. The van der Waals surface area contributed by atoms with E-state index >= 15 is 0 Å². The quantitative estimate of drug-likeness (QED) is 0.661. The molecule has 1 unspecified atom stereocenters. The fourth-order valence-electron chi connectivity index (χ4n) is 3.51. The number of hydrogen-bond acceptors (Lipinski definition) is 3. The van der Waals surface area contributed by atoms with Crippen LogP contribution in [0, 0.1) is 6.92 Å². The standard InChI is InChI=1S/C21H18BrN3O2/c1-12-10-17(15-7-6-13(22)11-19(15)24-12)20(26)23-9-8-16-14-4-2-3-5-18(14)25-21(16)27/h2-7,10-11,16H,8-9H2,1H3,(H,23,26)(H,25,27). The number of aromatic nitrogens is 1. The zero-order valence-corrected chi connectivity index (χ0v) is 16.3. The lowest BCUT2D eigenvalue weighted by atomic mass is 9.97. The molecule has 2 amide bonds. The molecule has 2 N–H and O–H groups in total. The van der Waals surface area contributed by atoms with E-state index < -0.39 is 0 Å². The van der Waals surface area contributed by atoms with Crippen LogP contribution in [0.3, 0.4) is 0 Å². The number of pyridine rings is 1. The first-order valence-corrected chi connectivity index (χ1v) is 9.57. The van der Waals surface area contributed by atoms with E-state index in [2.05, 4.69) is 31.5 Å². The van der Waals surface area contributed by atoms with E-state index in [1.807, 2.05) is 49.4 Å². The van der Waals surface area contributed by atoms with E-state index in [0.717, 1.165) is 32.3 Å². The third kappa shape index (κ3) is 3.45. The molecule has 4 rings (SSSR count). The Hall–Kier alpha value is -2.73. The first kappa shape index (κ1) is 17.7. The second-order valence-corrected chi connectivity index (χ2v) is 7.56. The number of benzene rings is 2. The van der Waals surface area contributed by atoms with E-state index in [4.69, 9.17) is 0 Å². The predicted octanol–water partition coefficient (Wildman–Crippen LogP) is 4.16. The summed E-state index contributed by atoms with van der Waals surface area (Å²) in [5.74, 6) is -0.395. The summed E-state index contributed by atoms with van der Waals surface area (Å²) < 4.78 is 0.922. The number of hydrogen-bond donors (Lipinski definition) is 2. The van der Waals surface area contributed by atoms with E-state index in [9.17, 15) is 9.59 Å². The third-order valence-electron chi connectivity index (χ3n) is 4.77. The summed E-state index contributed by atoms with van der Waals surface area (Å²) >= 11 is 3.44. The van der Waals surface area contributed by atoms with Crippen molar-refractivity contribution in [2.75, 3.05) is 11.9 Å². The number of rotatable bonds is 4. The van der Waals surface area contributed by atoms with Crippen LogP contribution < -0.4 is 10.6 Å². The van der Waals surface area contributed by atoms with Crippen LogP contribution in [0.25, 0.3) is 10.9 Å². The van der Waals surface area contributed by atoms with Gasteiger partial charge in [-0.05, 0) is 43.2 Å². The number of amides is 2. The number of carbonyl (C=O) groups is 2. The molecule has 0 spiro atoms. The van der Waals surface area contributed by atoms with Gasteiger partial charge in [-0.2, -0.15) is 0 Å². The summed E-state index contributed by atoms with van der Waals surface area (Å²) in [5, 5.41) is 6.65. The van der Waals surface area contributed by atoms with Crippen LogP contribution >= 0.6 is 15.9 Å². The van der Waals surface area contributed by atoms with Crippen LogP contribution in [0.2, 0.25) is 0 Å². The molecule has 0 aliphatic carbocycles. The molecule has 5 nitrogen and oxygen atoms in total. The molecule has 3 aromatic rings. The predicted molar refractivity (Wildman–Crippen MR) is 109 cm³/mol. The average Bonchev–Trinajstić information content (AvgIpc) is 2.96. The summed E-state index contributed by atoms with van der Waals surface area (Å²) in [5.41, 5.74) is 4.02. The second-order valence-electron chi connectivity index (χ2n) is 6.65. The van der Waals surface area contributed by atoms with Crippen molar-refractivity contribution in [2.45, 2.75) is 19.3 Å². The van der Waals surface area contributed by atoms with Crippen LogP contribution in [0.5, 0.6) is 0 Å². The van der Waals surface area contributed by atoms with Crippen LogP contribution in [0.4, 0.5) is 5.69 Å². The van der Waals surface area contributed by atoms with E-state index in [0.29, 0.717) is 18.5 Å². The largest absolute Gasteiger partial charge is 0.352 e. The number of fused-ring (bicyclic) bond motifs is 2. The number of para-hydroxylation sites is 1. The second kappa shape index (κ2) is 7.12. The van der Waals surface area contributed by atoms with Crippen molar-refractivity contribution in [3.05, 3.63) is 69.8 Å². The van der Waals surface area contributed by atoms with Crippen LogP contribution in [0.15, 0.2) is 53.0 Å². The van der Waals surface area contributed by atoms with Crippen LogP contribution in [-0.2, 0) is 4.79 Å². The van der Waals surface area contributed by atoms with Gasteiger partial charge in [0.05, 0.1) is 17.0 Å². The number of halogens is 1. The molecule has 1 atom stereocenters. The van der Waals surface area contributed by atoms with Crippen molar-refractivity contribution in [1.29, 1.82) is 0 Å². The van der Waals surface area contributed by atoms with Gasteiger partial charge in [-0.3, -0.25) is 14.6 Å². The van der Waals surface area contributed by atoms with Gasteiger partial charge in [0.2, 0.25) is 5.91 Å². The molecule has 1 aliphatic heterocycles. The van der Waals surface area contributed by atoms with Crippen LogP contribution in [-0.4, -0.2) is 23.3 Å². The third-order valence-corrected chi connectivity index (χ3v) is 5.27. The van der Waals surface area contributed by atoms with Gasteiger partial charge in [-0.1, -0.05) is 40.2 Å². The van der Waals surface area contributed by atoms with E-state index in [1.54, 1.807) is 6.07 Å². The van der Waals surface area contributed by atoms with Crippen molar-refractivity contribution < 1.29 is 9.59 Å². The minimum Gasteiger partial charge on any atom is -0.352 e. The Morgan fingerprint density at radius 3 is 2.89 bits per heavy atom. The van der Waals surface area contributed by atoms with E-state index in [-0.39, 0.29) is 17.7 Å². The number of nitrogens with one attached hydrogen (secondary N) is 2. The molecule has 2 heterocycles. The Morgan fingerprint density at radius 2 is 2.04 bits per heavy atom. The lowest BCUT2D eigenvalue weighted by Gasteiger charge is -2.12. The van der Waals surface area contributed by atoms with Crippen molar-refractivity contribution in [3.63, 3.8) is 0 Å². The number of nitrogens with zero attached hydrogens (tertiary/aromatic N) is 1. The van der Waals surface area contributed by atoms with Gasteiger partial charge >= 0.3 is 0 Å². The molecular weight excluding hydrogens is 406 g/mol. The molecule has 0 saturated heterocycles. The fraction of sp³-hybridized carbons (Fsp3) is 0.190. The van der Waals surface area contributed by atoms with Gasteiger partial charge in [0, 0.05) is 27.8 Å². The maximum absolute atomic E-state index is 12.7. The Labute approximate surface area is 165 Å². The highest BCUT2D eigenvalue weighted by molar-refractivity contribution is 9.10. The number of aryl methyl sites for hydroxylation is 1. The Balaban J connectivity index is 1.49. The summed E-state index contributed by atoms with van der Waals surface area (Å²) in [7, 11) is 0. The molecule has 0 radical (unpaired) electrons. The molecule has 2 aromatic carbocycles. The highest BCUT2D eigenvalue weighted by Gasteiger charge is 2.29. The van der Waals surface area contributed by atoms with Gasteiger partial charge in [0.1, 0.15) is 0 Å². The van der Waals surface area contributed by atoms with Crippen molar-refractivity contribution in [3.8, 4) is 0 Å². The molecule has 1 aromatic heterocycles. The molecule has 1 aliphatic rings. The molecule has 136 valence electrons. The van der Waals surface area contributed by atoms with Gasteiger partial charge in [-0.25, -0.2) is 0 Å². The minimum absolute atomic E-state index is 0.0134. The summed E-state index contributed by atoms with van der Waals surface area (Å²) in [6.45, 7) is 2.29. The zero-order chi connectivity index (χ0) is 19.0. The Morgan fingerprint density at radius 1 is 1.22 bits per heavy atom. The lowest BCUT2D eigenvalue weighted by molar-refractivity contribution is -0.117. The smallest absolute Gasteiger partial charge is 0.252 e. The van der Waals surface area contributed by atoms with Crippen molar-refractivity contribution in [2.24, 2.45) is 0 Å². The minimum atomic E-state index is -0.228. The fourth-order valence-corrected chi connectivity index (χ4v) is 3.86. The maximum Gasteiger partial charge on any atom is 0.252 e. The lowest BCUT2D eigenvalue weighted by Crippen LogP contribution is -2.27. The summed E-state index contributed by atoms with van der Waals surface area (Å²) in [6, 6.07) is 15.2. The summed E-state index contributed by atoms with van der Waals surface area (Å²) in [4.78, 5) is 29.4. The van der Waals surface area contributed by atoms with Crippen molar-refractivity contribution >= 4 is 44.3 Å². The highest BCUT2D eigenvalue weighted by Crippen LogP contribution is 2.34. The zero-order valence-electron chi connectivity index (χ0n) is 14.8. The summed E-state index contributed by atoms with van der Waals surface area (Å²) in [6.07, 6.45) is 0.558. The highest BCUT2D eigenvalue weighted by atomic mass is 79.9. The Kier molecular flexibility index (Phi) is 4.66. The van der Waals surface area contributed by atoms with Gasteiger partial charge < -0.3 is 10.6 Å². The first-order chi connectivity index (χ1) is 13.0. The topological polar surface area (TPSA) is 71.1 Å². The average molecular weight is 424 g/mol. The molecule has 0 saturated carbocycles. The maximum atomic E-state index is 12.7. The molecular formula is C21H18BrN3O2. The van der Waals surface area contributed by atoms with Gasteiger partial charge in [0.25, 0.3) is 5.91 Å². The van der Waals surface area contributed by atoms with E-state index in [1.165, 1.54) is 0 Å². The molecule has 6 heteroatoms. The number of anilines is 1. The molecule has 0 fully saturated rings. The van der Waals surface area contributed by atoms with Crippen LogP contribution in [0.1, 0.15) is 34.0 Å².